The number of nitrogens with two attached hydrogens (primary N) is 1. The second-order valence-corrected chi connectivity index (χ2v) is 5.85. The Morgan fingerprint density at radius 1 is 1.59 bits per heavy atom. The molecule has 0 saturated carbocycles. The Morgan fingerprint density at radius 2 is 2.29 bits per heavy atom. The zero-order valence-corrected chi connectivity index (χ0v) is 10.3. The molecule has 7 heteroatoms. The number of H-pyrrole nitrogens is 1. The summed E-state index contributed by atoms with van der Waals surface area (Å²) >= 11 is 0. The number of rotatable bonds is 2. The monoisotopic (exact) mass is 257 g/mol. The topological polar surface area (TPSA) is 96.3 Å². The first-order valence-corrected chi connectivity index (χ1v) is 6.96. The molecule has 0 aliphatic carbocycles. The third-order valence-electron chi connectivity index (χ3n) is 3.03. The lowest BCUT2D eigenvalue weighted by molar-refractivity contribution is 0.0742. The molecule has 1 amide bonds. The van der Waals surface area contributed by atoms with Gasteiger partial charge in [-0.05, 0) is 25.8 Å². The number of aromatic nitrogens is 1. The lowest BCUT2D eigenvalue weighted by Gasteiger charge is -2.20. The first-order valence-electron chi connectivity index (χ1n) is 5.42. The number of aromatic amines is 1. The van der Waals surface area contributed by atoms with Gasteiger partial charge >= 0.3 is 0 Å². The van der Waals surface area contributed by atoms with E-state index in [2.05, 4.69) is 4.98 Å². The third kappa shape index (κ3) is 2.34. The number of primary sulfonamides is 1. The second-order valence-electron chi connectivity index (χ2n) is 4.28. The minimum Gasteiger partial charge on any atom is -0.356 e. The Labute approximate surface area is 99.8 Å². The summed E-state index contributed by atoms with van der Waals surface area (Å²) in [5.74, 6) is -0.176. The summed E-state index contributed by atoms with van der Waals surface area (Å²) in [6.45, 7) is 2.69. The van der Waals surface area contributed by atoms with Crippen molar-refractivity contribution in [1.29, 1.82) is 0 Å². The van der Waals surface area contributed by atoms with E-state index in [9.17, 15) is 13.2 Å². The Morgan fingerprint density at radius 3 is 2.76 bits per heavy atom. The van der Waals surface area contributed by atoms with Crippen LogP contribution in [0.15, 0.2) is 17.2 Å². The van der Waals surface area contributed by atoms with Crippen molar-refractivity contribution in [3.05, 3.63) is 18.0 Å². The van der Waals surface area contributed by atoms with Crippen LogP contribution in [0.25, 0.3) is 0 Å². The molecule has 1 aliphatic rings. The summed E-state index contributed by atoms with van der Waals surface area (Å²) in [6.07, 6.45) is 3.20. The van der Waals surface area contributed by atoms with Crippen molar-refractivity contribution in [2.45, 2.75) is 30.7 Å². The zero-order chi connectivity index (χ0) is 12.6. The van der Waals surface area contributed by atoms with Crippen molar-refractivity contribution >= 4 is 15.9 Å². The molecule has 6 nitrogen and oxygen atoms in total. The molecule has 17 heavy (non-hydrogen) atoms. The van der Waals surface area contributed by atoms with Gasteiger partial charge in [0.05, 0.1) is 4.90 Å². The van der Waals surface area contributed by atoms with Gasteiger partial charge in [0, 0.05) is 18.8 Å². The summed E-state index contributed by atoms with van der Waals surface area (Å²) in [4.78, 5) is 16.4. The molecule has 1 aromatic rings. The SMILES string of the molecule is CC1CCCN1C(=O)c1cc(S(N)(=O)=O)c[nH]1. The van der Waals surface area contributed by atoms with Gasteiger partial charge in [0.1, 0.15) is 5.69 Å². The Kier molecular flexibility index (Phi) is 2.96. The quantitative estimate of drug-likeness (QED) is 0.796. The lowest BCUT2D eigenvalue weighted by Crippen LogP contribution is -2.33. The van der Waals surface area contributed by atoms with Gasteiger partial charge in [0.15, 0.2) is 0 Å². The predicted molar refractivity (Wildman–Crippen MR) is 61.9 cm³/mol. The fraction of sp³-hybridized carbons (Fsp3) is 0.500. The Bertz CT molecular complexity index is 535. The van der Waals surface area contributed by atoms with Crippen molar-refractivity contribution in [2.75, 3.05) is 6.54 Å². The molecule has 2 heterocycles. The highest BCUT2D eigenvalue weighted by atomic mass is 32.2. The van der Waals surface area contributed by atoms with Gasteiger partial charge in [-0.2, -0.15) is 0 Å². The molecular formula is C10H15N3O3S. The summed E-state index contributed by atoms with van der Waals surface area (Å²) in [5.41, 5.74) is 0.266. The molecular weight excluding hydrogens is 242 g/mol. The largest absolute Gasteiger partial charge is 0.356 e. The van der Waals surface area contributed by atoms with Gasteiger partial charge in [0.2, 0.25) is 10.0 Å². The van der Waals surface area contributed by atoms with Crippen LogP contribution in [-0.4, -0.2) is 36.8 Å². The highest BCUT2D eigenvalue weighted by Gasteiger charge is 2.27. The number of hydrogen-bond donors (Lipinski definition) is 2. The molecule has 1 atom stereocenters. The molecule has 1 aliphatic heterocycles. The normalized spacial score (nSPS) is 20.8. The number of amides is 1. The predicted octanol–water partition coefficient (Wildman–Crippen LogP) is 0.287. The molecule has 0 bridgehead atoms. The van der Waals surface area contributed by atoms with Gasteiger partial charge in [-0.1, -0.05) is 0 Å². The van der Waals surface area contributed by atoms with Crippen LogP contribution in [0.4, 0.5) is 0 Å². The molecule has 1 unspecified atom stereocenters. The van der Waals surface area contributed by atoms with Crippen LogP contribution in [-0.2, 0) is 10.0 Å². The van der Waals surface area contributed by atoms with Crippen LogP contribution in [0.3, 0.4) is 0 Å². The maximum absolute atomic E-state index is 12.1. The molecule has 0 aromatic carbocycles. The van der Waals surface area contributed by atoms with Gasteiger partial charge in [-0.25, -0.2) is 13.6 Å². The summed E-state index contributed by atoms with van der Waals surface area (Å²) in [7, 11) is -3.75. The first-order chi connectivity index (χ1) is 7.89. The standard InChI is InChI=1S/C10H15N3O3S/c1-7-3-2-4-13(7)10(14)9-5-8(6-12-9)17(11,15)16/h5-7,12H,2-4H2,1H3,(H2,11,15,16). The van der Waals surface area contributed by atoms with Crippen molar-refractivity contribution in [3.63, 3.8) is 0 Å². The van der Waals surface area contributed by atoms with Crippen molar-refractivity contribution in [3.8, 4) is 0 Å². The number of nitrogens with one attached hydrogen (secondary N) is 1. The van der Waals surface area contributed by atoms with Crippen LogP contribution < -0.4 is 5.14 Å². The molecule has 94 valence electrons. The van der Waals surface area contributed by atoms with Crippen molar-refractivity contribution in [2.24, 2.45) is 5.14 Å². The molecule has 2 rings (SSSR count). The molecule has 1 saturated heterocycles. The van der Waals surface area contributed by atoms with Crippen LogP contribution in [0, 0.1) is 0 Å². The summed E-state index contributed by atoms with van der Waals surface area (Å²) in [6, 6.07) is 1.48. The van der Waals surface area contributed by atoms with E-state index in [1.165, 1.54) is 12.3 Å². The first kappa shape index (κ1) is 12.1. The number of hydrogen-bond acceptors (Lipinski definition) is 3. The van der Waals surface area contributed by atoms with E-state index in [0.29, 0.717) is 6.54 Å². The second kappa shape index (κ2) is 4.15. The van der Waals surface area contributed by atoms with Crippen LogP contribution in [0.2, 0.25) is 0 Å². The highest BCUT2D eigenvalue weighted by molar-refractivity contribution is 7.89. The lowest BCUT2D eigenvalue weighted by atomic mass is 10.2. The van der Waals surface area contributed by atoms with Gasteiger partial charge < -0.3 is 9.88 Å². The number of sulfonamides is 1. The number of nitrogens with zero attached hydrogens (tertiary/aromatic N) is 1. The van der Waals surface area contributed by atoms with Crippen molar-refractivity contribution in [1.82, 2.24) is 9.88 Å². The molecule has 1 fully saturated rings. The van der Waals surface area contributed by atoms with E-state index in [4.69, 9.17) is 5.14 Å². The van der Waals surface area contributed by atoms with E-state index >= 15 is 0 Å². The fourth-order valence-corrected chi connectivity index (χ4v) is 2.56. The Hall–Kier alpha value is -1.34. The molecule has 3 N–H and O–H groups in total. The van der Waals surface area contributed by atoms with Gasteiger partial charge in [0.25, 0.3) is 5.91 Å². The van der Waals surface area contributed by atoms with E-state index < -0.39 is 10.0 Å². The van der Waals surface area contributed by atoms with E-state index in [0.717, 1.165) is 12.8 Å². The number of carbonyl (C=O) groups excluding carboxylic acids is 1. The van der Waals surface area contributed by atoms with Gasteiger partial charge in [-0.15, -0.1) is 0 Å². The van der Waals surface area contributed by atoms with Gasteiger partial charge in [-0.3, -0.25) is 4.79 Å². The molecule has 0 radical (unpaired) electrons. The molecule has 0 spiro atoms. The maximum Gasteiger partial charge on any atom is 0.270 e. The van der Waals surface area contributed by atoms with Crippen LogP contribution >= 0.6 is 0 Å². The number of carbonyl (C=O) groups is 1. The minimum absolute atomic E-state index is 0.0623. The number of likely N-dealkylation sites (tertiary alicyclic amines) is 1. The zero-order valence-electron chi connectivity index (χ0n) is 9.51. The fourth-order valence-electron chi connectivity index (χ4n) is 2.05. The van der Waals surface area contributed by atoms with Crippen LogP contribution in [0.1, 0.15) is 30.3 Å². The molecule has 1 aromatic heterocycles. The Balaban J connectivity index is 2.23. The smallest absolute Gasteiger partial charge is 0.270 e. The average Bonchev–Trinajstić information content (AvgIpc) is 2.83. The van der Waals surface area contributed by atoms with E-state index in [1.54, 1.807) is 4.90 Å². The van der Waals surface area contributed by atoms with E-state index in [1.807, 2.05) is 6.92 Å². The van der Waals surface area contributed by atoms with Crippen molar-refractivity contribution < 1.29 is 13.2 Å². The third-order valence-corrected chi connectivity index (χ3v) is 3.92. The average molecular weight is 257 g/mol. The summed E-state index contributed by atoms with van der Waals surface area (Å²) in [5, 5.41) is 4.98. The summed E-state index contributed by atoms with van der Waals surface area (Å²) < 4.78 is 22.2. The highest BCUT2D eigenvalue weighted by Crippen LogP contribution is 2.20. The van der Waals surface area contributed by atoms with E-state index in [-0.39, 0.29) is 22.5 Å². The maximum atomic E-state index is 12.1. The van der Waals surface area contributed by atoms with Crippen LogP contribution in [0.5, 0.6) is 0 Å². The minimum atomic E-state index is -3.75.